The van der Waals surface area contributed by atoms with Crippen LogP contribution in [0.15, 0.2) is 47.3 Å². The average Bonchev–Trinajstić information content (AvgIpc) is 2.62. The van der Waals surface area contributed by atoms with E-state index in [2.05, 4.69) is 4.98 Å². The van der Waals surface area contributed by atoms with E-state index < -0.39 is 5.97 Å². The van der Waals surface area contributed by atoms with Gasteiger partial charge in [0.05, 0.1) is 22.5 Å². The minimum Gasteiger partial charge on any atom is -0.454 e. The Hall–Kier alpha value is -3.46. The number of aryl methyl sites for hydroxylation is 2. The summed E-state index contributed by atoms with van der Waals surface area (Å²) in [6.45, 7) is 3.44. The molecule has 0 fully saturated rings. The summed E-state index contributed by atoms with van der Waals surface area (Å²) < 4.78 is 6.59. The van der Waals surface area contributed by atoms with Crippen LogP contribution in [-0.4, -0.2) is 15.5 Å². The quantitative estimate of drug-likeness (QED) is 0.678. The Bertz CT molecular complexity index is 1090. The molecule has 0 aliphatic carbocycles. The fraction of sp³-hybridized carbons (Fsp3) is 0.200. The number of ether oxygens (including phenoxy) is 1. The van der Waals surface area contributed by atoms with Gasteiger partial charge in [0.1, 0.15) is 13.2 Å². The van der Waals surface area contributed by atoms with Gasteiger partial charge in [-0.05, 0) is 37.6 Å². The lowest BCUT2D eigenvalue weighted by atomic mass is 10.1. The number of nitrogens with zero attached hydrogens (tertiary/aromatic N) is 3. The first-order valence-electron chi connectivity index (χ1n) is 8.11. The molecule has 0 atom stereocenters. The number of fused-ring (bicyclic) bond motifs is 1. The van der Waals surface area contributed by atoms with Gasteiger partial charge in [-0.2, -0.15) is 5.26 Å². The molecule has 0 bridgehead atoms. The largest absolute Gasteiger partial charge is 0.454 e. The topological polar surface area (TPSA) is 85.0 Å². The molecule has 0 aliphatic heterocycles. The van der Waals surface area contributed by atoms with Gasteiger partial charge in [-0.15, -0.1) is 0 Å². The van der Waals surface area contributed by atoms with Crippen molar-refractivity contribution >= 4 is 16.9 Å². The van der Waals surface area contributed by atoms with Crippen LogP contribution >= 0.6 is 0 Å². The Morgan fingerprint density at radius 2 is 2.00 bits per heavy atom. The van der Waals surface area contributed by atoms with Gasteiger partial charge in [0.2, 0.25) is 0 Å². The monoisotopic (exact) mass is 347 g/mol. The molecule has 2 aromatic carbocycles. The Morgan fingerprint density at radius 1 is 1.23 bits per heavy atom. The smallest absolute Gasteiger partial charge is 0.338 e. The van der Waals surface area contributed by atoms with Gasteiger partial charge in [0.25, 0.3) is 5.56 Å². The highest BCUT2D eigenvalue weighted by molar-refractivity contribution is 5.91. The molecule has 0 aliphatic rings. The van der Waals surface area contributed by atoms with Gasteiger partial charge >= 0.3 is 5.97 Å². The van der Waals surface area contributed by atoms with Crippen molar-refractivity contribution < 1.29 is 9.53 Å². The first-order valence-corrected chi connectivity index (χ1v) is 8.11. The number of nitriles is 1. The summed E-state index contributed by atoms with van der Waals surface area (Å²) in [5.74, 6) is -0.248. The first-order chi connectivity index (χ1) is 12.5. The fourth-order valence-electron chi connectivity index (χ4n) is 2.81. The SMILES string of the molecule is Cc1ccc(C(=O)OCc2nc3ccccc3c(=O)n2CC#N)c(C)c1. The molecule has 26 heavy (non-hydrogen) atoms. The fourth-order valence-corrected chi connectivity index (χ4v) is 2.81. The molecule has 3 aromatic rings. The first kappa shape index (κ1) is 17.4. The predicted octanol–water partition coefficient (Wildman–Crippen LogP) is 2.89. The number of aromatic nitrogens is 2. The maximum atomic E-state index is 12.6. The minimum absolute atomic E-state index is 0.160. The van der Waals surface area contributed by atoms with Crippen molar-refractivity contribution in [3.8, 4) is 6.07 Å². The van der Waals surface area contributed by atoms with E-state index in [1.165, 1.54) is 4.57 Å². The number of hydrogen-bond acceptors (Lipinski definition) is 5. The lowest BCUT2D eigenvalue weighted by molar-refractivity contribution is 0.0456. The Kier molecular flexibility index (Phi) is 4.81. The molecule has 6 nitrogen and oxygen atoms in total. The standard InChI is InChI=1S/C20H17N3O3/c1-13-7-8-15(14(2)11-13)20(25)26-12-18-22-17-6-4-3-5-16(17)19(24)23(18)10-9-21/h3-8,11H,10,12H2,1-2H3. The number of carbonyl (C=O) groups excluding carboxylic acids is 1. The Balaban J connectivity index is 1.93. The van der Waals surface area contributed by atoms with E-state index in [9.17, 15) is 9.59 Å². The zero-order valence-corrected chi connectivity index (χ0v) is 14.5. The summed E-state index contributed by atoms with van der Waals surface area (Å²) in [6, 6.07) is 14.3. The molecular formula is C20H17N3O3. The van der Waals surface area contributed by atoms with Gasteiger partial charge in [0, 0.05) is 0 Å². The third-order valence-corrected chi connectivity index (χ3v) is 4.10. The van der Waals surface area contributed by atoms with Crippen LogP contribution in [-0.2, 0) is 17.9 Å². The van der Waals surface area contributed by atoms with E-state index in [1.807, 2.05) is 32.0 Å². The number of rotatable bonds is 4. The predicted molar refractivity (Wildman–Crippen MR) is 96.7 cm³/mol. The molecule has 0 N–H and O–H groups in total. The Morgan fingerprint density at radius 3 is 2.73 bits per heavy atom. The molecule has 130 valence electrons. The number of para-hydroxylation sites is 1. The molecule has 0 unspecified atom stereocenters. The van der Waals surface area contributed by atoms with Crippen molar-refractivity contribution in [2.75, 3.05) is 0 Å². The summed E-state index contributed by atoms with van der Waals surface area (Å²) in [5.41, 5.74) is 2.51. The Labute approximate surface area is 150 Å². The second kappa shape index (κ2) is 7.19. The van der Waals surface area contributed by atoms with Crippen molar-refractivity contribution in [2.24, 2.45) is 0 Å². The summed E-state index contributed by atoms with van der Waals surface area (Å²) in [5, 5.41) is 9.44. The number of carbonyl (C=O) groups is 1. The third-order valence-electron chi connectivity index (χ3n) is 4.10. The van der Waals surface area contributed by atoms with Crippen LogP contribution in [0.2, 0.25) is 0 Å². The molecule has 1 heterocycles. The molecular weight excluding hydrogens is 330 g/mol. The van der Waals surface area contributed by atoms with Crippen LogP contribution in [0.25, 0.3) is 10.9 Å². The minimum atomic E-state index is -0.492. The van der Waals surface area contributed by atoms with Crippen LogP contribution in [0.1, 0.15) is 27.3 Å². The van der Waals surface area contributed by atoms with E-state index in [-0.39, 0.29) is 24.5 Å². The molecule has 3 rings (SSSR count). The van der Waals surface area contributed by atoms with Crippen molar-refractivity contribution in [3.05, 3.63) is 75.3 Å². The third kappa shape index (κ3) is 3.33. The molecule has 0 radical (unpaired) electrons. The average molecular weight is 347 g/mol. The van der Waals surface area contributed by atoms with Crippen molar-refractivity contribution in [2.45, 2.75) is 27.0 Å². The molecule has 0 saturated carbocycles. The second-order valence-electron chi connectivity index (χ2n) is 5.99. The maximum Gasteiger partial charge on any atom is 0.338 e. The zero-order chi connectivity index (χ0) is 18.7. The zero-order valence-electron chi connectivity index (χ0n) is 14.5. The maximum absolute atomic E-state index is 12.6. The van der Waals surface area contributed by atoms with E-state index in [1.54, 1.807) is 30.3 Å². The second-order valence-corrected chi connectivity index (χ2v) is 5.99. The molecule has 6 heteroatoms. The van der Waals surface area contributed by atoms with Gasteiger partial charge < -0.3 is 4.74 Å². The molecule has 0 spiro atoms. The van der Waals surface area contributed by atoms with Crippen LogP contribution in [0.5, 0.6) is 0 Å². The van der Waals surface area contributed by atoms with Gasteiger partial charge in [-0.25, -0.2) is 9.78 Å². The molecule has 0 saturated heterocycles. The van der Waals surface area contributed by atoms with E-state index >= 15 is 0 Å². The van der Waals surface area contributed by atoms with Crippen LogP contribution in [0, 0.1) is 25.2 Å². The lowest BCUT2D eigenvalue weighted by Crippen LogP contribution is -2.26. The highest BCUT2D eigenvalue weighted by atomic mass is 16.5. The summed E-state index contributed by atoms with van der Waals surface area (Å²) in [6.07, 6.45) is 0. The highest BCUT2D eigenvalue weighted by Gasteiger charge is 2.15. The van der Waals surface area contributed by atoms with Crippen LogP contribution < -0.4 is 5.56 Å². The van der Waals surface area contributed by atoms with Gasteiger partial charge in [-0.1, -0.05) is 29.8 Å². The molecule has 0 amide bonds. The summed E-state index contributed by atoms with van der Waals surface area (Å²) in [4.78, 5) is 29.3. The lowest BCUT2D eigenvalue weighted by Gasteiger charge is -2.12. The van der Waals surface area contributed by atoms with Crippen molar-refractivity contribution in [1.29, 1.82) is 5.26 Å². The van der Waals surface area contributed by atoms with Gasteiger partial charge in [0.15, 0.2) is 5.82 Å². The number of benzene rings is 2. The number of hydrogen-bond donors (Lipinski definition) is 0. The van der Waals surface area contributed by atoms with Gasteiger partial charge in [-0.3, -0.25) is 9.36 Å². The van der Waals surface area contributed by atoms with Crippen molar-refractivity contribution in [3.63, 3.8) is 0 Å². The number of esters is 1. The van der Waals surface area contributed by atoms with E-state index in [0.717, 1.165) is 11.1 Å². The van der Waals surface area contributed by atoms with Crippen LogP contribution in [0.4, 0.5) is 0 Å². The summed E-state index contributed by atoms with van der Waals surface area (Å²) in [7, 11) is 0. The highest BCUT2D eigenvalue weighted by Crippen LogP contribution is 2.14. The van der Waals surface area contributed by atoms with E-state index in [0.29, 0.717) is 16.5 Å². The molecule has 1 aromatic heterocycles. The normalized spacial score (nSPS) is 10.5. The van der Waals surface area contributed by atoms with Crippen molar-refractivity contribution in [1.82, 2.24) is 9.55 Å². The van der Waals surface area contributed by atoms with Crippen LogP contribution in [0.3, 0.4) is 0 Å². The van der Waals surface area contributed by atoms with E-state index in [4.69, 9.17) is 10.00 Å². The summed E-state index contributed by atoms with van der Waals surface area (Å²) >= 11 is 0.